The van der Waals surface area contributed by atoms with Gasteiger partial charge < -0.3 is 10.3 Å². The molecule has 0 aliphatic rings. The van der Waals surface area contributed by atoms with Crippen LogP contribution in [0, 0.1) is 13.8 Å². The summed E-state index contributed by atoms with van der Waals surface area (Å²) >= 11 is 0. The van der Waals surface area contributed by atoms with Gasteiger partial charge in [0.05, 0.1) is 6.04 Å². The molecule has 0 radical (unpaired) electrons. The van der Waals surface area contributed by atoms with Crippen molar-refractivity contribution in [3.63, 3.8) is 0 Å². The van der Waals surface area contributed by atoms with E-state index in [2.05, 4.69) is 28.1 Å². The highest BCUT2D eigenvalue weighted by Crippen LogP contribution is 2.21. The first kappa shape index (κ1) is 13.7. The van der Waals surface area contributed by atoms with E-state index < -0.39 is 0 Å². The molecule has 2 aromatic rings. The minimum absolute atomic E-state index is 0.188. The molecule has 0 saturated carbocycles. The van der Waals surface area contributed by atoms with Gasteiger partial charge in [0.2, 0.25) is 11.7 Å². The van der Waals surface area contributed by atoms with Crippen LogP contribution in [0.25, 0.3) is 11.5 Å². The Morgan fingerprint density at radius 3 is 2.84 bits per heavy atom. The summed E-state index contributed by atoms with van der Waals surface area (Å²) < 4.78 is 5.24. The van der Waals surface area contributed by atoms with Gasteiger partial charge in [-0.05, 0) is 31.4 Å². The maximum atomic E-state index is 6.02. The predicted molar refractivity (Wildman–Crippen MR) is 73.5 cm³/mol. The zero-order valence-corrected chi connectivity index (χ0v) is 11.7. The van der Waals surface area contributed by atoms with Crippen molar-refractivity contribution in [2.45, 2.75) is 46.1 Å². The third kappa shape index (κ3) is 3.17. The Bertz CT molecular complexity index is 550. The maximum Gasteiger partial charge on any atom is 0.243 e. The molecule has 0 aliphatic heterocycles. The molecular formula is C14H20N4O. The monoisotopic (exact) mass is 260 g/mol. The SMILES string of the molecule is CCCC[C@H](N)c1nc(-c2ncc(C)cc2C)no1. The molecule has 0 aromatic carbocycles. The minimum atomic E-state index is -0.188. The number of rotatable bonds is 5. The molecule has 2 rings (SSSR count). The van der Waals surface area contributed by atoms with E-state index in [1.165, 1.54) is 0 Å². The number of unbranched alkanes of at least 4 members (excludes halogenated alkanes) is 1. The molecule has 0 aliphatic carbocycles. The lowest BCUT2D eigenvalue weighted by molar-refractivity contribution is 0.346. The smallest absolute Gasteiger partial charge is 0.243 e. The van der Waals surface area contributed by atoms with Crippen LogP contribution < -0.4 is 5.73 Å². The summed E-state index contributed by atoms with van der Waals surface area (Å²) in [6.45, 7) is 6.13. The Kier molecular flexibility index (Phi) is 4.27. The Labute approximate surface area is 113 Å². The van der Waals surface area contributed by atoms with Crippen LogP contribution in [0.2, 0.25) is 0 Å². The molecule has 0 amide bonds. The molecule has 0 spiro atoms. The van der Waals surface area contributed by atoms with Gasteiger partial charge in [-0.25, -0.2) is 0 Å². The van der Waals surface area contributed by atoms with E-state index in [9.17, 15) is 0 Å². The van der Waals surface area contributed by atoms with Gasteiger partial charge >= 0.3 is 0 Å². The molecule has 0 saturated heterocycles. The van der Waals surface area contributed by atoms with Crippen molar-refractivity contribution in [2.75, 3.05) is 0 Å². The second-order valence-electron chi connectivity index (χ2n) is 4.88. The number of aryl methyl sites for hydroxylation is 2. The number of hydrogen-bond donors (Lipinski definition) is 1. The summed E-state index contributed by atoms with van der Waals surface area (Å²) in [6, 6.07) is 1.86. The van der Waals surface area contributed by atoms with Gasteiger partial charge in [-0.1, -0.05) is 31.0 Å². The minimum Gasteiger partial charge on any atom is -0.337 e. The highest BCUT2D eigenvalue weighted by molar-refractivity contribution is 5.54. The van der Waals surface area contributed by atoms with Gasteiger partial charge in [-0.2, -0.15) is 4.98 Å². The molecule has 2 heterocycles. The lowest BCUT2D eigenvalue weighted by Gasteiger charge is -2.04. The predicted octanol–water partition coefficient (Wildman–Crippen LogP) is 2.94. The normalized spacial score (nSPS) is 12.6. The molecular weight excluding hydrogens is 240 g/mol. The first-order valence-corrected chi connectivity index (χ1v) is 6.64. The van der Waals surface area contributed by atoms with Crippen molar-refractivity contribution in [1.29, 1.82) is 0 Å². The summed E-state index contributed by atoms with van der Waals surface area (Å²) in [4.78, 5) is 8.72. The summed E-state index contributed by atoms with van der Waals surface area (Å²) in [5.41, 5.74) is 8.92. The van der Waals surface area contributed by atoms with Gasteiger partial charge in [0, 0.05) is 6.20 Å². The second-order valence-corrected chi connectivity index (χ2v) is 4.88. The van der Waals surface area contributed by atoms with Crippen molar-refractivity contribution in [2.24, 2.45) is 5.73 Å². The molecule has 0 unspecified atom stereocenters. The quantitative estimate of drug-likeness (QED) is 0.894. The van der Waals surface area contributed by atoms with Crippen LogP contribution in [-0.4, -0.2) is 15.1 Å². The number of nitrogens with zero attached hydrogens (tertiary/aromatic N) is 3. The van der Waals surface area contributed by atoms with Gasteiger partial charge in [-0.15, -0.1) is 0 Å². The van der Waals surface area contributed by atoms with Crippen LogP contribution in [0.4, 0.5) is 0 Å². The van der Waals surface area contributed by atoms with E-state index in [1.54, 1.807) is 6.20 Å². The molecule has 0 fully saturated rings. The van der Waals surface area contributed by atoms with Crippen LogP contribution >= 0.6 is 0 Å². The fraction of sp³-hybridized carbons (Fsp3) is 0.500. The van der Waals surface area contributed by atoms with Crippen LogP contribution in [-0.2, 0) is 0 Å². The van der Waals surface area contributed by atoms with Crippen molar-refractivity contribution < 1.29 is 4.52 Å². The molecule has 2 aromatic heterocycles. The number of hydrogen-bond acceptors (Lipinski definition) is 5. The largest absolute Gasteiger partial charge is 0.337 e. The first-order chi connectivity index (χ1) is 9.11. The topological polar surface area (TPSA) is 77.8 Å². The fourth-order valence-corrected chi connectivity index (χ4v) is 1.98. The number of pyridine rings is 1. The lowest BCUT2D eigenvalue weighted by Crippen LogP contribution is -2.10. The third-order valence-corrected chi connectivity index (χ3v) is 3.05. The Balaban J connectivity index is 2.20. The van der Waals surface area contributed by atoms with Gasteiger partial charge in [0.1, 0.15) is 5.69 Å². The number of nitrogens with two attached hydrogens (primary N) is 1. The fourth-order valence-electron chi connectivity index (χ4n) is 1.98. The van der Waals surface area contributed by atoms with E-state index in [0.29, 0.717) is 11.7 Å². The van der Waals surface area contributed by atoms with Crippen LogP contribution in [0.15, 0.2) is 16.8 Å². The maximum absolute atomic E-state index is 6.02. The van der Waals surface area contributed by atoms with Gasteiger partial charge in [-0.3, -0.25) is 4.98 Å². The lowest BCUT2D eigenvalue weighted by atomic mass is 10.1. The van der Waals surface area contributed by atoms with E-state index in [4.69, 9.17) is 10.3 Å². The Morgan fingerprint density at radius 1 is 1.37 bits per heavy atom. The molecule has 19 heavy (non-hydrogen) atoms. The summed E-state index contributed by atoms with van der Waals surface area (Å²) in [5, 5.41) is 3.98. The van der Waals surface area contributed by atoms with Crippen LogP contribution in [0.3, 0.4) is 0 Å². The molecule has 0 bridgehead atoms. The standard InChI is InChI=1S/C14H20N4O/c1-4-5-6-11(15)14-17-13(18-19-14)12-10(3)7-9(2)8-16-12/h7-8,11H,4-6,15H2,1-3H3/t11-/m0/s1. The Hall–Kier alpha value is -1.75. The first-order valence-electron chi connectivity index (χ1n) is 6.64. The van der Waals surface area contributed by atoms with Gasteiger partial charge in [0.25, 0.3) is 0 Å². The highest BCUT2D eigenvalue weighted by Gasteiger charge is 2.17. The van der Waals surface area contributed by atoms with Gasteiger partial charge in [0.15, 0.2) is 0 Å². The molecule has 1 atom stereocenters. The van der Waals surface area contributed by atoms with Crippen molar-refractivity contribution >= 4 is 0 Å². The highest BCUT2D eigenvalue weighted by atomic mass is 16.5. The van der Waals surface area contributed by atoms with E-state index >= 15 is 0 Å². The Morgan fingerprint density at radius 2 is 2.16 bits per heavy atom. The van der Waals surface area contributed by atoms with E-state index in [0.717, 1.165) is 36.1 Å². The summed E-state index contributed by atoms with van der Waals surface area (Å²) in [6.07, 6.45) is 4.82. The van der Waals surface area contributed by atoms with E-state index in [1.807, 2.05) is 13.8 Å². The summed E-state index contributed by atoms with van der Waals surface area (Å²) in [5.74, 6) is 1.00. The zero-order chi connectivity index (χ0) is 13.8. The molecule has 5 nitrogen and oxygen atoms in total. The average Bonchev–Trinajstić information content (AvgIpc) is 2.85. The van der Waals surface area contributed by atoms with Crippen molar-refractivity contribution in [3.8, 4) is 11.5 Å². The average molecular weight is 260 g/mol. The van der Waals surface area contributed by atoms with Crippen LogP contribution in [0.1, 0.15) is 49.2 Å². The summed E-state index contributed by atoms with van der Waals surface area (Å²) in [7, 11) is 0. The molecule has 5 heteroatoms. The van der Waals surface area contributed by atoms with Crippen molar-refractivity contribution in [3.05, 3.63) is 29.3 Å². The molecule has 102 valence electrons. The third-order valence-electron chi connectivity index (χ3n) is 3.05. The van der Waals surface area contributed by atoms with Crippen molar-refractivity contribution in [1.82, 2.24) is 15.1 Å². The molecule has 2 N–H and O–H groups in total. The zero-order valence-electron chi connectivity index (χ0n) is 11.7. The van der Waals surface area contributed by atoms with Crippen LogP contribution in [0.5, 0.6) is 0 Å². The number of aromatic nitrogens is 3. The second kappa shape index (κ2) is 5.93. The van der Waals surface area contributed by atoms with E-state index in [-0.39, 0.29) is 6.04 Å².